The predicted molar refractivity (Wildman–Crippen MR) is 87.1 cm³/mol. The third-order valence-corrected chi connectivity index (χ3v) is 3.05. The lowest BCUT2D eigenvalue weighted by atomic mass is 10.2. The summed E-state index contributed by atoms with van der Waals surface area (Å²) < 4.78 is 0. The molecule has 21 heavy (non-hydrogen) atoms. The number of hydrogen-bond acceptors (Lipinski definition) is 3. The van der Waals surface area contributed by atoms with E-state index in [-0.39, 0.29) is 5.91 Å². The molecule has 0 fully saturated rings. The average molecular weight is 283 g/mol. The van der Waals surface area contributed by atoms with E-state index in [2.05, 4.69) is 10.6 Å². The van der Waals surface area contributed by atoms with Crippen molar-refractivity contribution in [2.75, 3.05) is 32.5 Å². The van der Waals surface area contributed by atoms with Crippen molar-refractivity contribution < 1.29 is 4.79 Å². The number of benzene rings is 2. The van der Waals surface area contributed by atoms with Crippen molar-refractivity contribution >= 4 is 17.3 Å². The summed E-state index contributed by atoms with van der Waals surface area (Å²) in [5.74, 6) is -0.0388. The largest absolute Gasteiger partial charge is 0.356 e. The van der Waals surface area contributed by atoms with E-state index >= 15 is 0 Å². The number of rotatable bonds is 6. The topological polar surface area (TPSA) is 44.4 Å². The van der Waals surface area contributed by atoms with E-state index in [9.17, 15) is 4.79 Å². The van der Waals surface area contributed by atoms with Gasteiger partial charge in [0, 0.05) is 30.0 Å². The Morgan fingerprint density at radius 2 is 1.57 bits per heavy atom. The van der Waals surface area contributed by atoms with Crippen molar-refractivity contribution in [3.05, 3.63) is 60.2 Å². The van der Waals surface area contributed by atoms with Gasteiger partial charge in [-0.25, -0.2) is 0 Å². The first-order chi connectivity index (χ1) is 10.1. The Kier molecular flexibility index (Phi) is 5.35. The van der Waals surface area contributed by atoms with Crippen molar-refractivity contribution in [3.63, 3.8) is 0 Å². The van der Waals surface area contributed by atoms with Gasteiger partial charge in [-0.05, 0) is 50.5 Å². The molecule has 4 nitrogen and oxygen atoms in total. The smallest absolute Gasteiger partial charge is 0.251 e. The maximum Gasteiger partial charge on any atom is 0.251 e. The van der Waals surface area contributed by atoms with Crippen LogP contribution in [0.4, 0.5) is 11.4 Å². The highest BCUT2D eigenvalue weighted by atomic mass is 16.1. The van der Waals surface area contributed by atoms with E-state index in [1.54, 1.807) is 0 Å². The monoisotopic (exact) mass is 283 g/mol. The van der Waals surface area contributed by atoms with Crippen molar-refractivity contribution in [2.24, 2.45) is 0 Å². The first-order valence-electron chi connectivity index (χ1n) is 7.00. The Morgan fingerprint density at radius 1 is 0.952 bits per heavy atom. The Morgan fingerprint density at radius 3 is 2.19 bits per heavy atom. The van der Waals surface area contributed by atoms with Gasteiger partial charge in [0.15, 0.2) is 0 Å². The molecule has 2 aromatic carbocycles. The average Bonchev–Trinajstić information content (AvgIpc) is 2.48. The fourth-order valence-electron chi connectivity index (χ4n) is 1.89. The van der Waals surface area contributed by atoms with E-state index in [0.29, 0.717) is 12.1 Å². The molecule has 0 heterocycles. The highest BCUT2D eigenvalue weighted by molar-refractivity contribution is 5.94. The minimum absolute atomic E-state index is 0.0388. The van der Waals surface area contributed by atoms with E-state index < -0.39 is 0 Å². The summed E-state index contributed by atoms with van der Waals surface area (Å²) in [6.07, 6.45) is 0. The van der Waals surface area contributed by atoms with Crippen LogP contribution in [0.3, 0.4) is 0 Å². The number of nitrogens with one attached hydrogen (secondary N) is 2. The highest BCUT2D eigenvalue weighted by Gasteiger charge is 2.04. The molecule has 0 aliphatic heterocycles. The molecule has 2 aromatic rings. The molecule has 2 N–H and O–H groups in total. The molecule has 0 saturated heterocycles. The fraction of sp³-hybridized carbons (Fsp3) is 0.235. The van der Waals surface area contributed by atoms with Crippen LogP contribution in [0.15, 0.2) is 54.6 Å². The summed E-state index contributed by atoms with van der Waals surface area (Å²) in [5.41, 5.74) is 2.67. The lowest BCUT2D eigenvalue weighted by molar-refractivity contribution is 0.0951. The molecule has 4 heteroatoms. The third kappa shape index (κ3) is 4.93. The summed E-state index contributed by atoms with van der Waals surface area (Å²) in [6.45, 7) is 1.48. The Labute approximate surface area is 125 Å². The van der Waals surface area contributed by atoms with Crippen LogP contribution in [0.1, 0.15) is 10.4 Å². The zero-order chi connectivity index (χ0) is 15.1. The maximum absolute atomic E-state index is 11.9. The van der Waals surface area contributed by atoms with Gasteiger partial charge in [-0.1, -0.05) is 18.2 Å². The van der Waals surface area contributed by atoms with Crippen LogP contribution in [0.25, 0.3) is 0 Å². The molecule has 0 aromatic heterocycles. The number of carbonyl (C=O) groups is 1. The fourth-order valence-corrected chi connectivity index (χ4v) is 1.89. The second-order valence-electron chi connectivity index (χ2n) is 5.13. The van der Waals surface area contributed by atoms with E-state index in [4.69, 9.17) is 0 Å². The van der Waals surface area contributed by atoms with Gasteiger partial charge in [0.2, 0.25) is 0 Å². The van der Waals surface area contributed by atoms with Gasteiger partial charge in [-0.3, -0.25) is 4.79 Å². The molecule has 0 unspecified atom stereocenters. The Hall–Kier alpha value is -2.33. The van der Waals surface area contributed by atoms with Gasteiger partial charge in [-0.2, -0.15) is 0 Å². The van der Waals surface area contributed by atoms with Gasteiger partial charge < -0.3 is 15.5 Å². The number of carbonyl (C=O) groups excluding carboxylic acids is 1. The quantitative estimate of drug-likeness (QED) is 0.857. The van der Waals surface area contributed by atoms with Crippen molar-refractivity contribution in [3.8, 4) is 0 Å². The summed E-state index contributed by atoms with van der Waals surface area (Å²) in [7, 11) is 3.96. The summed E-state index contributed by atoms with van der Waals surface area (Å²) in [4.78, 5) is 14.0. The number of para-hydroxylation sites is 1. The van der Waals surface area contributed by atoms with Crippen LogP contribution < -0.4 is 10.6 Å². The predicted octanol–water partition coefficient (Wildman–Crippen LogP) is 2.72. The van der Waals surface area contributed by atoms with Gasteiger partial charge in [0.1, 0.15) is 0 Å². The third-order valence-electron chi connectivity index (χ3n) is 3.05. The minimum atomic E-state index is -0.0388. The summed E-state index contributed by atoms with van der Waals surface area (Å²) in [5, 5.41) is 6.19. The number of nitrogens with zero attached hydrogens (tertiary/aromatic N) is 1. The first kappa shape index (κ1) is 15.1. The molecule has 0 aliphatic rings. The van der Waals surface area contributed by atoms with Gasteiger partial charge in [0.05, 0.1) is 0 Å². The van der Waals surface area contributed by atoms with Gasteiger partial charge in [0.25, 0.3) is 5.91 Å². The molecule has 110 valence electrons. The molecule has 2 rings (SSSR count). The Bertz CT molecular complexity index is 564. The maximum atomic E-state index is 11.9. The van der Waals surface area contributed by atoms with Crippen LogP contribution >= 0.6 is 0 Å². The number of hydrogen-bond donors (Lipinski definition) is 2. The SMILES string of the molecule is CN(C)CCNC(=O)c1ccc(Nc2ccccc2)cc1. The van der Waals surface area contributed by atoms with Crippen LogP contribution in [-0.2, 0) is 0 Å². The van der Waals surface area contributed by atoms with E-state index in [1.165, 1.54) is 0 Å². The van der Waals surface area contributed by atoms with E-state index in [1.807, 2.05) is 73.6 Å². The molecule has 0 radical (unpaired) electrons. The molecular formula is C17H21N3O. The van der Waals surface area contributed by atoms with Crippen LogP contribution in [0.5, 0.6) is 0 Å². The number of amides is 1. The van der Waals surface area contributed by atoms with Crippen LogP contribution in [0, 0.1) is 0 Å². The highest BCUT2D eigenvalue weighted by Crippen LogP contribution is 2.16. The Balaban J connectivity index is 1.91. The standard InChI is InChI=1S/C17H21N3O/c1-20(2)13-12-18-17(21)14-8-10-16(11-9-14)19-15-6-4-3-5-7-15/h3-11,19H,12-13H2,1-2H3,(H,18,21). The first-order valence-corrected chi connectivity index (χ1v) is 7.00. The van der Waals surface area contributed by atoms with Gasteiger partial charge in [-0.15, -0.1) is 0 Å². The summed E-state index contributed by atoms with van der Waals surface area (Å²) >= 11 is 0. The van der Waals surface area contributed by atoms with Crippen LogP contribution in [-0.4, -0.2) is 38.0 Å². The molecule has 0 aliphatic carbocycles. The number of anilines is 2. The molecular weight excluding hydrogens is 262 g/mol. The van der Waals surface area contributed by atoms with Crippen molar-refractivity contribution in [2.45, 2.75) is 0 Å². The molecule has 1 amide bonds. The zero-order valence-electron chi connectivity index (χ0n) is 12.5. The normalized spacial score (nSPS) is 10.4. The van der Waals surface area contributed by atoms with Gasteiger partial charge >= 0.3 is 0 Å². The molecule has 0 spiro atoms. The van der Waals surface area contributed by atoms with Crippen LogP contribution in [0.2, 0.25) is 0 Å². The summed E-state index contributed by atoms with van der Waals surface area (Å²) in [6, 6.07) is 17.4. The van der Waals surface area contributed by atoms with Crippen molar-refractivity contribution in [1.82, 2.24) is 10.2 Å². The van der Waals surface area contributed by atoms with E-state index in [0.717, 1.165) is 17.9 Å². The molecule has 0 atom stereocenters. The number of likely N-dealkylation sites (N-methyl/N-ethyl adjacent to an activating group) is 1. The second kappa shape index (κ2) is 7.45. The molecule has 0 saturated carbocycles. The zero-order valence-corrected chi connectivity index (χ0v) is 12.5. The van der Waals surface area contributed by atoms with Crippen molar-refractivity contribution in [1.29, 1.82) is 0 Å². The lowest BCUT2D eigenvalue weighted by Crippen LogP contribution is -2.31. The minimum Gasteiger partial charge on any atom is -0.356 e. The molecule has 0 bridgehead atoms. The lowest BCUT2D eigenvalue weighted by Gasteiger charge is -2.11. The second-order valence-corrected chi connectivity index (χ2v) is 5.13.